The summed E-state index contributed by atoms with van der Waals surface area (Å²) in [6.07, 6.45) is -3.47. The van der Waals surface area contributed by atoms with Crippen LogP contribution in [0.1, 0.15) is 11.3 Å². The van der Waals surface area contributed by atoms with Crippen molar-refractivity contribution in [3.05, 3.63) is 52.8 Å². The average Bonchev–Trinajstić information content (AvgIpc) is 2.40. The van der Waals surface area contributed by atoms with Crippen molar-refractivity contribution < 1.29 is 13.2 Å². The second-order valence-corrected chi connectivity index (χ2v) is 5.05. The number of nitrogens with zero attached hydrogens (tertiary/aromatic N) is 2. The van der Waals surface area contributed by atoms with Gasteiger partial charge in [0.1, 0.15) is 5.69 Å². The fraction of sp³-hybridized carbons (Fsp3) is 0.214. The van der Waals surface area contributed by atoms with Crippen molar-refractivity contribution in [2.75, 3.05) is 17.7 Å². The first-order chi connectivity index (χ1) is 9.77. The number of hydrogen-bond acceptors (Lipinski definition) is 3. The van der Waals surface area contributed by atoms with Crippen molar-refractivity contribution in [3.8, 4) is 0 Å². The van der Waals surface area contributed by atoms with Crippen LogP contribution in [0.15, 0.2) is 36.5 Å². The molecule has 7 heteroatoms. The zero-order valence-corrected chi connectivity index (χ0v) is 11.9. The predicted octanol–water partition coefficient (Wildman–Crippen LogP) is 3.97. The number of rotatable bonds is 3. The van der Waals surface area contributed by atoms with Gasteiger partial charge in [-0.05, 0) is 23.8 Å². The number of nitrogens with two attached hydrogens (primary N) is 1. The maximum Gasteiger partial charge on any atom is 0.433 e. The van der Waals surface area contributed by atoms with Crippen LogP contribution in [0.2, 0.25) is 5.02 Å². The standard InChI is InChI=1S/C14H13ClF3N3/c1-21(8-9-2-4-10(15)5-3-9)12-6-13(14(16,17)18)20-7-11(12)19/h2-7H,8,19H2,1H3. The molecule has 0 saturated heterocycles. The SMILES string of the molecule is CN(Cc1ccc(Cl)cc1)c1cc(C(F)(F)F)ncc1N. The zero-order chi connectivity index (χ0) is 15.6. The average molecular weight is 316 g/mol. The van der Waals surface area contributed by atoms with Crippen LogP contribution in [0, 0.1) is 0 Å². The fourth-order valence-electron chi connectivity index (χ4n) is 1.89. The summed E-state index contributed by atoms with van der Waals surface area (Å²) in [6.45, 7) is 0.405. The molecule has 0 saturated carbocycles. The Kier molecular flexibility index (Phi) is 4.27. The number of anilines is 2. The van der Waals surface area contributed by atoms with Crippen LogP contribution in [0.4, 0.5) is 24.5 Å². The van der Waals surface area contributed by atoms with Crippen LogP contribution in [-0.2, 0) is 12.7 Å². The first kappa shape index (κ1) is 15.4. The Morgan fingerprint density at radius 1 is 1.24 bits per heavy atom. The molecule has 0 aliphatic heterocycles. The lowest BCUT2D eigenvalue weighted by Gasteiger charge is -2.22. The Morgan fingerprint density at radius 2 is 1.86 bits per heavy atom. The van der Waals surface area contributed by atoms with Gasteiger partial charge in [0.05, 0.1) is 17.6 Å². The van der Waals surface area contributed by atoms with Crippen molar-refractivity contribution >= 4 is 23.0 Å². The van der Waals surface area contributed by atoms with Crippen LogP contribution in [-0.4, -0.2) is 12.0 Å². The van der Waals surface area contributed by atoms with Crippen molar-refractivity contribution in [3.63, 3.8) is 0 Å². The summed E-state index contributed by atoms with van der Waals surface area (Å²) in [5.74, 6) is 0. The second kappa shape index (κ2) is 5.81. The lowest BCUT2D eigenvalue weighted by atomic mass is 10.2. The molecule has 0 aliphatic rings. The van der Waals surface area contributed by atoms with Gasteiger partial charge in [-0.3, -0.25) is 0 Å². The third-order valence-corrected chi connectivity index (χ3v) is 3.20. The third kappa shape index (κ3) is 3.78. The van der Waals surface area contributed by atoms with Crippen molar-refractivity contribution in [1.29, 1.82) is 0 Å². The molecule has 0 spiro atoms. The van der Waals surface area contributed by atoms with Gasteiger partial charge in [0.2, 0.25) is 0 Å². The summed E-state index contributed by atoms with van der Waals surface area (Å²) in [5, 5.41) is 0.601. The van der Waals surface area contributed by atoms with Crippen LogP contribution < -0.4 is 10.6 Å². The minimum Gasteiger partial charge on any atom is -0.396 e. The van der Waals surface area contributed by atoms with Crippen molar-refractivity contribution in [2.24, 2.45) is 0 Å². The quantitative estimate of drug-likeness (QED) is 0.931. The highest BCUT2D eigenvalue weighted by molar-refractivity contribution is 6.30. The number of benzene rings is 1. The molecule has 3 nitrogen and oxygen atoms in total. The monoisotopic (exact) mass is 315 g/mol. The number of nitrogen functional groups attached to an aromatic ring is 1. The highest BCUT2D eigenvalue weighted by Gasteiger charge is 2.33. The van der Waals surface area contributed by atoms with E-state index in [1.807, 2.05) is 0 Å². The molecule has 0 aliphatic carbocycles. The number of hydrogen-bond donors (Lipinski definition) is 1. The summed E-state index contributed by atoms with van der Waals surface area (Å²) in [7, 11) is 1.67. The van der Waals surface area contributed by atoms with E-state index in [9.17, 15) is 13.2 Å². The van der Waals surface area contributed by atoms with Gasteiger partial charge >= 0.3 is 6.18 Å². The van der Waals surface area contributed by atoms with E-state index in [-0.39, 0.29) is 11.4 Å². The molecule has 2 aromatic rings. The molecule has 0 amide bonds. The van der Waals surface area contributed by atoms with E-state index in [2.05, 4.69) is 4.98 Å². The highest BCUT2D eigenvalue weighted by Crippen LogP contribution is 2.32. The highest BCUT2D eigenvalue weighted by atomic mass is 35.5. The molecule has 2 N–H and O–H groups in total. The van der Waals surface area contributed by atoms with Gasteiger partial charge in [-0.25, -0.2) is 4.98 Å². The largest absolute Gasteiger partial charge is 0.433 e. The lowest BCUT2D eigenvalue weighted by molar-refractivity contribution is -0.141. The third-order valence-electron chi connectivity index (χ3n) is 2.95. The lowest BCUT2D eigenvalue weighted by Crippen LogP contribution is -2.19. The minimum absolute atomic E-state index is 0.194. The van der Waals surface area contributed by atoms with E-state index < -0.39 is 11.9 Å². The molecule has 0 atom stereocenters. The molecular formula is C14H13ClF3N3. The summed E-state index contributed by atoms with van der Waals surface area (Å²) < 4.78 is 38.1. The maximum atomic E-state index is 12.7. The van der Waals surface area contributed by atoms with Gasteiger partial charge in [0, 0.05) is 18.6 Å². The molecule has 2 rings (SSSR count). The zero-order valence-electron chi connectivity index (χ0n) is 11.2. The van der Waals surface area contributed by atoms with Gasteiger partial charge < -0.3 is 10.6 Å². The molecule has 1 heterocycles. The van der Waals surface area contributed by atoms with E-state index in [0.717, 1.165) is 17.8 Å². The van der Waals surface area contributed by atoms with Crippen LogP contribution in [0.3, 0.4) is 0 Å². The van der Waals surface area contributed by atoms with Gasteiger partial charge in [-0.1, -0.05) is 23.7 Å². The first-order valence-corrected chi connectivity index (χ1v) is 6.43. The smallest absolute Gasteiger partial charge is 0.396 e. The molecule has 112 valence electrons. The molecule has 1 aromatic heterocycles. The second-order valence-electron chi connectivity index (χ2n) is 4.61. The normalized spacial score (nSPS) is 11.5. The van der Waals surface area contributed by atoms with E-state index >= 15 is 0 Å². The molecule has 1 aromatic carbocycles. The molecule has 0 unspecified atom stereocenters. The summed E-state index contributed by atoms with van der Waals surface area (Å²) in [5.41, 5.74) is 6.14. The Hall–Kier alpha value is -1.95. The number of pyridine rings is 1. The van der Waals surface area contributed by atoms with E-state index in [1.165, 1.54) is 0 Å². The Morgan fingerprint density at radius 3 is 2.43 bits per heavy atom. The Labute approximate surface area is 125 Å². The molecule has 0 bridgehead atoms. The Bertz CT molecular complexity index is 626. The molecular weight excluding hydrogens is 303 g/mol. The van der Waals surface area contributed by atoms with Crippen molar-refractivity contribution in [1.82, 2.24) is 4.98 Å². The first-order valence-electron chi connectivity index (χ1n) is 6.05. The fourth-order valence-corrected chi connectivity index (χ4v) is 2.02. The predicted molar refractivity (Wildman–Crippen MR) is 77.2 cm³/mol. The summed E-state index contributed by atoms with van der Waals surface area (Å²) >= 11 is 5.79. The van der Waals surface area contributed by atoms with E-state index in [4.69, 9.17) is 17.3 Å². The van der Waals surface area contributed by atoms with E-state index in [0.29, 0.717) is 11.6 Å². The summed E-state index contributed by atoms with van der Waals surface area (Å²) in [6, 6.07) is 8.01. The molecule has 0 fully saturated rings. The van der Waals surface area contributed by atoms with E-state index in [1.54, 1.807) is 36.2 Å². The molecule has 21 heavy (non-hydrogen) atoms. The van der Waals surface area contributed by atoms with Crippen molar-refractivity contribution in [2.45, 2.75) is 12.7 Å². The van der Waals surface area contributed by atoms with Crippen LogP contribution in [0.25, 0.3) is 0 Å². The topological polar surface area (TPSA) is 42.2 Å². The number of aromatic nitrogens is 1. The summed E-state index contributed by atoms with van der Waals surface area (Å²) in [4.78, 5) is 4.95. The molecule has 0 radical (unpaired) electrons. The van der Waals surface area contributed by atoms with Gasteiger partial charge in [0.25, 0.3) is 0 Å². The van der Waals surface area contributed by atoms with Crippen LogP contribution >= 0.6 is 11.6 Å². The maximum absolute atomic E-state index is 12.7. The number of halogens is 4. The van der Waals surface area contributed by atoms with Gasteiger partial charge in [-0.15, -0.1) is 0 Å². The van der Waals surface area contributed by atoms with Gasteiger partial charge in [-0.2, -0.15) is 13.2 Å². The Balaban J connectivity index is 2.26. The number of alkyl halides is 3. The minimum atomic E-state index is -4.50. The van der Waals surface area contributed by atoms with Gasteiger partial charge in [0.15, 0.2) is 0 Å². The van der Waals surface area contributed by atoms with Crippen LogP contribution in [0.5, 0.6) is 0 Å².